The smallest absolute Gasteiger partial charge is 0.257 e. The van der Waals surface area contributed by atoms with E-state index in [4.69, 9.17) is 0 Å². The fourth-order valence-electron chi connectivity index (χ4n) is 3.86. The number of H-pyrrole nitrogens is 1. The SMILES string of the molecule is Cc1cc2ncc(C(=O)N3CC=C(c4c[nH]c5ncccc45)CC3)c(C)n2n1. The Morgan fingerprint density at radius 3 is 2.96 bits per heavy atom. The van der Waals surface area contributed by atoms with Crippen molar-refractivity contribution in [2.45, 2.75) is 20.3 Å². The number of hydrogen-bond donors (Lipinski definition) is 1. The Balaban J connectivity index is 1.42. The first-order chi connectivity index (χ1) is 13.6. The van der Waals surface area contributed by atoms with Gasteiger partial charge in [0.2, 0.25) is 0 Å². The molecule has 7 nitrogen and oxygen atoms in total. The molecule has 0 spiro atoms. The van der Waals surface area contributed by atoms with E-state index in [9.17, 15) is 4.79 Å². The summed E-state index contributed by atoms with van der Waals surface area (Å²) >= 11 is 0. The van der Waals surface area contributed by atoms with E-state index < -0.39 is 0 Å². The Labute approximate surface area is 161 Å². The van der Waals surface area contributed by atoms with Crippen molar-refractivity contribution in [2.24, 2.45) is 0 Å². The average Bonchev–Trinajstić information content (AvgIpc) is 3.31. The maximum atomic E-state index is 13.1. The van der Waals surface area contributed by atoms with Crippen molar-refractivity contribution >= 4 is 28.2 Å². The van der Waals surface area contributed by atoms with Gasteiger partial charge >= 0.3 is 0 Å². The Morgan fingerprint density at radius 2 is 2.14 bits per heavy atom. The van der Waals surface area contributed by atoms with E-state index in [0.717, 1.165) is 34.5 Å². The zero-order valence-electron chi connectivity index (χ0n) is 15.8. The molecule has 0 aromatic carbocycles. The Kier molecular flexibility index (Phi) is 3.75. The highest BCUT2D eigenvalue weighted by atomic mass is 16.2. The summed E-state index contributed by atoms with van der Waals surface area (Å²) in [5.41, 5.74) is 6.38. The molecule has 1 aliphatic rings. The zero-order valence-corrected chi connectivity index (χ0v) is 15.8. The van der Waals surface area contributed by atoms with Gasteiger partial charge in [-0.15, -0.1) is 0 Å². The summed E-state index contributed by atoms with van der Waals surface area (Å²) in [6.07, 6.45) is 8.40. The van der Waals surface area contributed by atoms with E-state index in [-0.39, 0.29) is 5.91 Å². The number of amides is 1. The summed E-state index contributed by atoms with van der Waals surface area (Å²) in [4.78, 5) is 26.9. The Bertz CT molecular complexity index is 1250. The van der Waals surface area contributed by atoms with E-state index in [1.807, 2.05) is 37.1 Å². The molecular weight excluding hydrogens is 352 g/mol. The van der Waals surface area contributed by atoms with E-state index >= 15 is 0 Å². The largest absolute Gasteiger partial charge is 0.346 e. The molecule has 5 heterocycles. The van der Waals surface area contributed by atoms with Gasteiger partial charge in [0.05, 0.1) is 17.0 Å². The van der Waals surface area contributed by atoms with Crippen LogP contribution in [-0.4, -0.2) is 48.5 Å². The quantitative estimate of drug-likeness (QED) is 0.586. The molecule has 28 heavy (non-hydrogen) atoms. The van der Waals surface area contributed by atoms with Gasteiger partial charge in [-0.05, 0) is 38.0 Å². The summed E-state index contributed by atoms with van der Waals surface area (Å²) in [6.45, 7) is 5.09. The molecule has 0 unspecified atom stereocenters. The number of fused-ring (bicyclic) bond motifs is 2. The minimum Gasteiger partial charge on any atom is -0.346 e. The first-order valence-electron chi connectivity index (χ1n) is 9.34. The fourth-order valence-corrected chi connectivity index (χ4v) is 3.86. The van der Waals surface area contributed by atoms with E-state index in [1.54, 1.807) is 16.9 Å². The van der Waals surface area contributed by atoms with Gasteiger partial charge < -0.3 is 9.88 Å². The van der Waals surface area contributed by atoms with Crippen molar-refractivity contribution in [1.29, 1.82) is 0 Å². The van der Waals surface area contributed by atoms with Crippen LogP contribution in [0.25, 0.3) is 22.3 Å². The molecule has 5 rings (SSSR count). The molecule has 0 fully saturated rings. The number of aryl methyl sites for hydroxylation is 2. The second-order valence-electron chi connectivity index (χ2n) is 7.15. The number of hydrogen-bond acceptors (Lipinski definition) is 4. The van der Waals surface area contributed by atoms with E-state index in [2.05, 4.69) is 32.2 Å². The maximum Gasteiger partial charge on any atom is 0.257 e. The second kappa shape index (κ2) is 6.30. The zero-order chi connectivity index (χ0) is 19.3. The van der Waals surface area contributed by atoms with Crippen LogP contribution in [0, 0.1) is 13.8 Å². The number of nitrogens with one attached hydrogen (secondary N) is 1. The Morgan fingerprint density at radius 1 is 1.25 bits per heavy atom. The lowest BCUT2D eigenvalue weighted by molar-refractivity contribution is 0.0771. The van der Waals surface area contributed by atoms with E-state index in [1.165, 1.54) is 11.1 Å². The van der Waals surface area contributed by atoms with Crippen molar-refractivity contribution in [3.8, 4) is 0 Å². The molecule has 140 valence electrons. The van der Waals surface area contributed by atoms with Gasteiger partial charge in [0.15, 0.2) is 5.65 Å². The lowest BCUT2D eigenvalue weighted by Gasteiger charge is -2.27. The van der Waals surface area contributed by atoms with Crippen LogP contribution in [0.5, 0.6) is 0 Å². The van der Waals surface area contributed by atoms with Crippen LogP contribution in [0.2, 0.25) is 0 Å². The number of pyridine rings is 1. The van der Waals surface area contributed by atoms with Gasteiger partial charge in [-0.1, -0.05) is 6.08 Å². The van der Waals surface area contributed by atoms with Gasteiger partial charge in [0, 0.05) is 48.7 Å². The lowest BCUT2D eigenvalue weighted by Crippen LogP contribution is -2.35. The van der Waals surface area contributed by atoms with Crippen molar-refractivity contribution in [1.82, 2.24) is 29.5 Å². The molecule has 7 heteroatoms. The molecule has 4 aromatic heterocycles. The van der Waals surface area contributed by atoms with Gasteiger partial charge in [-0.2, -0.15) is 5.10 Å². The molecule has 0 atom stereocenters. The monoisotopic (exact) mass is 372 g/mol. The third-order valence-corrected chi connectivity index (χ3v) is 5.37. The van der Waals surface area contributed by atoms with Crippen LogP contribution in [0.1, 0.15) is 33.7 Å². The molecule has 0 bridgehead atoms. The molecule has 1 amide bonds. The minimum absolute atomic E-state index is 0.00375. The first kappa shape index (κ1) is 16.7. The van der Waals surface area contributed by atoms with Crippen molar-refractivity contribution in [3.05, 3.63) is 65.4 Å². The number of nitrogens with zero attached hydrogens (tertiary/aromatic N) is 5. The molecule has 4 aromatic rings. The molecule has 1 aliphatic heterocycles. The van der Waals surface area contributed by atoms with Crippen molar-refractivity contribution < 1.29 is 4.79 Å². The molecular formula is C21H20N6O. The highest BCUT2D eigenvalue weighted by Gasteiger charge is 2.23. The average molecular weight is 372 g/mol. The molecule has 0 aliphatic carbocycles. The highest BCUT2D eigenvalue weighted by molar-refractivity contribution is 5.96. The maximum absolute atomic E-state index is 13.1. The number of aromatic nitrogens is 5. The van der Waals surface area contributed by atoms with Crippen LogP contribution in [0.4, 0.5) is 0 Å². The second-order valence-corrected chi connectivity index (χ2v) is 7.15. The molecule has 0 saturated carbocycles. The minimum atomic E-state index is -0.00375. The molecule has 0 saturated heterocycles. The standard InChI is InChI=1S/C21H20N6O/c1-13-10-19-23-11-17(14(2)27(19)25-13)21(28)26-8-5-15(6-9-26)18-12-24-20-16(18)4-3-7-22-20/h3-5,7,10-12H,6,8-9H2,1-2H3,(H,22,24). The highest BCUT2D eigenvalue weighted by Crippen LogP contribution is 2.29. The Hall–Kier alpha value is -3.48. The summed E-state index contributed by atoms with van der Waals surface area (Å²) < 4.78 is 1.74. The normalized spacial score (nSPS) is 14.6. The van der Waals surface area contributed by atoms with Gasteiger partial charge in [0.1, 0.15) is 5.65 Å². The number of aromatic amines is 1. The summed E-state index contributed by atoms with van der Waals surface area (Å²) in [5.74, 6) is -0.00375. The predicted molar refractivity (Wildman–Crippen MR) is 107 cm³/mol. The lowest BCUT2D eigenvalue weighted by atomic mass is 9.99. The number of carbonyl (C=O) groups is 1. The summed E-state index contributed by atoms with van der Waals surface area (Å²) in [6, 6.07) is 5.93. The predicted octanol–water partition coefficient (Wildman–Crippen LogP) is 3.15. The van der Waals surface area contributed by atoms with Crippen LogP contribution in [0.15, 0.2) is 42.9 Å². The molecule has 1 N–H and O–H groups in total. The van der Waals surface area contributed by atoms with Crippen molar-refractivity contribution in [2.75, 3.05) is 13.1 Å². The van der Waals surface area contributed by atoms with Crippen LogP contribution in [-0.2, 0) is 0 Å². The van der Waals surface area contributed by atoms with Crippen LogP contribution < -0.4 is 0 Å². The first-order valence-corrected chi connectivity index (χ1v) is 9.34. The fraction of sp³-hybridized carbons (Fsp3) is 0.238. The topological polar surface area (TPSA) is 79.2 Å². The number of carbonyl (C=O) groups excluding carboxylic acids is 1. The van der Waals surface area contributed by atoms with Crippen molar-refractivity contribution in [3.63, 3.8) is 0 Å². The third-order valence-electron chi connectivity index (χ3n) is 5.37. The molecule has 0 radical (unpaired) electrons. The summed E-state index contributed by atoms with van der Waals surface area (Å²) in [5, 5.41) is 5.56. The van der Waals surface area contributed by atoms with Gasteiger partial charge in [-0.25, -0.2) is 14.5 Å². The van der Waals surface area contributed by atoms with Gasteiger partial charge in [-0.3, -0.25) is 4.79 Å². The van der Waals surface area contributed by atoms with Gasteiger partial charge in [0.25, 0.3) is 5.91 Å². The third kappa shape index (κ3) is 2.58. The van der Waals surface area contributed by atoms with Crippen LogP contribution >= 0.6 is 0 Å². The summed E-state index contributed by atoms with van der Waals surface area (Å²) in [7, 11) is 0. The van der Waals surface area contributed by atoms with E-state index in [0.29, 0.717) is 18.7 Å². The van der Waals surface area contributed by atoms with Crippen LogP contribution in [0.3, 0.4) is 0 Å². The number of rotatable bonds is 2.